The van der Waals surface area contributed by atoms with Gasteiger partial charge in [0, 0.05) is 30.4 Å². The van der Waals surface area contributed by atoms with Crippen LogP contribution in [0.15, 0.2) is 66.2 Å². The second kappa shape index (κ2) is 11.3. The minimum atomic E-state index is -1.14. The van der Waals surface area contributed by atoms with Gasteiger partial charge >= 0.3 is 0 Å². The molecule has 1 amide bonds. The van der Waals surface area contributed by atoms with E-state index in [0.717, 1.165) is 41.4 Å². The average Bonchev–Trinajstić information content (AvgIpc) is 3.16. The molecule has 1 atom stereocenters. The standard InChI is InChI=1S/C31H32F2N2O4/c1-6-34(7-2)23-12-8-20(9-13-23)28-27(29(36)21-10-15-26(19(5)16-21)39-18(3)4)30(37)31(38)35(28)25-14-11-22(32)17-24(25)33/h8-18,28,36H,6-7H2,1-5H3/b29-27+. The quantitative estimate of drug-likeness (QED) is 0.202. The summed E-state index contributed by atoms with van der Waals surface area (Å²) in [6.45, 7) is 11.2. The van der Waals surface area contributed by atoms with Gasteiger partial charge in [-0.25, -0.2) is 8.78 Å². The van der Waals surface area contributed by atoms with Gasteiger partial charge in [0.2, 0.25) is 0 Å². The fourth-order valence-electron chi connectivity index (χ4n) is 4.87. The van der Waals surface area contributed by atoms with Crippen molar-refractivity contribution in [2.75, 3.05) is 22.9 Å². The maximum Gasteiger partial charge on any atom is 0.300 e. The number of Topliss-reactive ketones (excluding diaryl/α,β-unsaturated/α-hetero) is 1. The average molecular weight is 535 g/mol. The van der Waals surface area contributed by atoms with Gasteiger partial charge in [0.15, 0.2) is 0 Å². The van der Waals surface area contributed by atoms with Gasteiger partial charge in [-0.15, -0.1) is 0 Å². The molecular weight excluding hydrogens is 502 g/mol. The van der Waals surface area contributed by atoms with E-state index in [4.69, 9.17) is 4.74 Å². The summed E-state index contributed by atoms with van der Waals surface area (Å²) < 4.78 is 34.5. The number of benzene rings is 3. The van der Waals surface area contributed by atoms with E-state index in [2.05, 4.69) is 4.90 Å². The zero-order valence-corrected chi connectivity index (χ0v) is 22.7. The molecule has 0 aromatic heterocycles. The lowest BCUT2D eigenvalue weighted by atomic mass is 9.94. The molecule has 1 N–H and O–H groups in total. The summed E-state index contributed by atoms with van der Waals surface area (Å²) in [5, 5.41) is 11.4. The summed E-state index contributed by atoms with van der Waals surface area (Å²) >= 11 is 0. The van der Waals surface area contributed by atoms with Gasteiger partial charge in [0.05, 0.1) is 23.4 Å². The highest BCUT2D eigenvalue weighted by Crippen LogP contribution is 2.43. The molecule has 0 saturated carbocycles. The van der Waals surface area contributed by atoms with Crippen molar-refractivity contribution in [2.45, 2.75) is 46.8 Å². The molecule has 4 rings (SSSR count). The van der Waals surface area contributed by atoms with Gasteiger partial charge in [0.25, 0.3) is 11.7 Å². The van der Waals surface area contributed by atoms with E-state index in [-0.39, 0.29) is 17.4 Å². The molecule has 39 heavy (non-hydrogen) atoms. The molecule has 1 fully saturated rings. The van der Waals surface area contributed by atoms with Crippen LogP contribution in [0.4, 0.5) is 20.2 Å². The Balaban J connectivity index is 1.90. The van der Waals surface area contributed by atoms with Crippen LogP contribution in [-0.4, -0.2) is 36.0 Å². The molecule has 3 aromatic rings. The predicted octanol–water partition coefficient (Wildman–Crippen LogP) is 6.53. The SMILES string of the molecule is CCN(CC)c1ccc(C2/C(=C(\O)c3ccc(OC(C)C)c(C)c3)C(=O)C(=O)N2c2ccc(F)cc2F)cc1. The minimum absolute atomic E-state index is 0.0570. The molecule has 8 heteroatoms. The van der Waals surface area contributed by atoms with Gasteiger partial charge in [0.1, 0.15) is 23.1 Å². The van der Waals surface area contributed by atoms with Crippen molar-refractivity contribution in [3.63, 3.8) is 0 Å². The third-order valence-corrected chi connectivity index (χ3v) is 6.76. The normalized spacial score (nSPS) is 16.7. The lowest BCUT2D eigenvalue weighted by Gasteiger charge is -2.27. The Morgan fingerprint density at radius 1 is 1.00 bits per heavy atom. The summed E-state index contributed by atoms with van der Waals surface area (Å²) in [7, 11) is 0. The predicted molar refractivity (Wildman–Crippen MR) is 148 cm³/mol. The van der Waals surface area contributed by atoms with Crippen LogP contribution in [-0.2, 0) is 9.59 Å². The molecule has 1 unspecified atom stereocenters. The monoisotopic (exact) mass is 534 g/mol. The maximum atomic E-state index is 15.0. The van der Waals surface area contributed by atoms with E-state index in [1.54, 1.807) is 30.3 Å². The van der Waals surface area contributed by atoms with Crippen molar-refractivity contribution in [1.82, 2.24) is 0 Å². The Morgan fingerprint density at radius 3 is 2.23 bits per heavy atom. The van der Waals surface area contributed by atoms with Crippen LogP contribution in [0.5, 0.6) is 5.75 Å². The summed E-state index contributed by atoms with van der Waals surface area (Å²) in [6.07, 6.45) is -0.0570. The number of aryl methyl sites for hydroxylation is 1. The topological polar surface area (TPSA) is 70.1 Å². The fraction of sp³-hybridized carbons (Fsp3) is 0.290. The number of rotatable bonds is 8. The highest BCUT2D eigenvalue weighted by atomic mass is 19.1. The van der Waals surface area contributed by atoms with Gasteiger partial charge < -0.3 is 14.7 Å². The molecule has 3 aromatic carbocycles. The van der Waals surface area contributed by atoms with Crippen LogP contribution in [0.1, 0.15) is 50.4 Å². The fourth-order valence-corrected chi connectivity index (χ4v) is 4.87. The zero-order valence-electron chi connectivity index (χ0n) is 22.7. The molecule has 0 radical (unpaired) electrons. The highest BCUT2D eigenvalue weighted by Gasteiger charge is 2.47. The van der Waals surface area contributed by atoms with Gasteiger partial charge in [-0.3, -0.25) is 14.5 Å². The number of hydrogen-bond acceptors (Lipinski definition) is 5. The number of nitrogens with zero attached hydrogens (tertiary/aromatic N) is 2. The largest absolute Gasteiger partial charge is 0.507 e. The maximum absolute atomic E-state index is 15.0. The van der Waals surface area contributed by atoms with E-state index in [0.29, 0.717) is 22.9 Å². The first-order valence-corrected chi connectivity index (χ1v) is 13.0. The number of aliphatic hydroxyl groups excluding tert-OH is 1. The molecule has 1 heterocycles. The summed E-state index contributed by atoms with van der Waals surface area (Å²) in [6, 6.07) is 13.8. The van der Waals surface area contributed by atoms with Crippen molar-refractivity contribution in [3.8, 4) is 5.75 Å². The Kier molecular flexibility index (Phi) is 8.04. The third kappa shape index (κ3) is 5.37. The molecule has 1 saturated heterocycles. The van der Waals surface area contributed by atoms with E-state index < -0.39 is 35.1 Å². The summed E-state index contributed by atoms with van der Waals surface area (Å²) in [4.78, 5) is 29.8. The number of anilines is 2. The van der Waals surface area contributed by atoms with Crippen molar-refractivity contribution >= 4 is 28.8 Å². The lowest BCUT2D eigenvalue weighted by molar-refractivity contribution is -0.132. The first kappa shape index (κ1) is 27.8. The molecule has 0 spiro atoms. The molecule has 6 nitrogen and oxygen atoms in total. The number of carbonyl (C=O) groups excluding carboxylic acids is 2. The number of ether oxygens (including phenoxy) is 1. The van der Waals surface area contributed by atoms with E-state index >= 15 is 0 Å². The van der Waals surface area contributed by atoms with Crippen LogP contribution in [0.3, 0.4) is 0 Å². The van der Waals surface area contributed by atoms with E-state index in [9.17, 15) is 23.5 Å². The second-order valence-corrected chi connectivity index (χ2v) is 9.68. The Bertz CT molecular complexity index is 1430. The van der Waals surface area contributed by atoms with Gasteiger partial charge in [-0.2, -0.15) is 0 Å². The first-order chi connectivity index (χ1) is 18.6. The van der Waals surface area contributed by atoms with Crippen molar-refractivity contribution in [1.29, 1.82) is 0 Å². The van der Waals surface area contributed by atoms with Crippen LogP contribution in [0.2, 0.25) is 0 Å². The van der Waals surface area contributed by atoms with Gasteiger partial charge in [-0.05, 0) is 88.2 Å². The molecule has 1 aliphatic rings. The van der Waals surface area contributed by atoms with E-state index in [1.165, 1.54) is 0 Å². The number of hydrogen-bond donors (Lipinski definition) is 1. The smallest absolute Gasteiger partial charge is 0.300 e. The van der Waals surface area contributed by atoms with Crippen LogP contribution in [0.25, 0.3) is 5.76 Å². The Morgan fingerprint density at radius 2 is 1.67 bits per heavy atom. The Labute approximate surface area is 227 Å². The lowest BCUT2D eigenvalue weighted by Crippen LogP contribution is -2.30. The van der Waals surface area contributed by atoms with Crippen molar-refractivity contribution in [2.24, 2.45) is 0 Å². The number of carbonyl (C=O) groups is 2. The molecule has 204 valence electrons. The van der Waals surface area contributed by atoms with Crippen molar-refractivity contribution in [3.05, 3.63) is 94.6 Å². The molecule has 0 aliphatic carbocycles. The Hall–Kier alpha value is -4.20. The molecule has 1 aliphatic heterocycles. The number of amides is 1. The number of ketones is 1. The van der Waals surface area contributed by atoms with Crippen LogP contribution < -0.4 is 14.5 Å². The van der Waals surface area contributed by atoms with Gasteiger partial charge in [-0.1, -0.05) is 12.1 Å². The second-order valence-electron chi connectivity index (χ2n) is 9.68. The third-order valence-electron chi connectivity index (χ3n) is 6.76. The number of aliphatic hydroxyl groups is 1. The molecule has 0 bridgehead atoms. The summed E-state index contributed by atoms with van der Waals surface area (Å²) in [5.41, 5.74) is 2.03. The minimum Gasteiger partial charge on any atom is -0.507 e. The first-order valence-electron chi connectivity index (χ1n) is 13.0. The van der Waals surface area contributed by atoms with Crippen LogP contribution in [0, 0.1) is 18.6 Å². The summed E-state index contributed by atoms with van der Waals surface area (Å²) in [5.74, 6) is -3.56. The van der Waals surface area contributed by atoms with E-state index in [1.807, 2.05) is 46.8 Å². The van der Waals surface area contributed by atoms with Crippen LogP contribution >= 0.6 is 0 Å². The van der Waals surface area contributed by atoms with Crippen molar-refractivity contribution < 1.29 is 28.2 Å². The molecular formula is C31H32F2N2O4. The zero-order chi connectivity index (χ0) is 28.4. The number of halogens is 2. The highest BCUT2D eigenvalue weighted by molar-refractivity contribution is 6.51.